The van der Waals surface area contributed by atoms with Gasteiger partial charge in [0, 0.05) is 22.9 Å². The van der Waals surface area contributed by atoms with Crippen LogP contribution in [0.15, 0.2) is 194 Å². The van der Waals surface area contributed by atoms with E-state index in [1.807, 2.05) is 19.2 Å². The van der Waals surface area contributed by atoms with Gasteiger partial charge in [0.05, 0.1) is 28.0 Å². The van der Waals surface area contributed by atoms with Gasteiger partial charge in [-0.2, -0.15) is 0 Å². The fraction of sp³-hybridized carbons (Fsp3) is 0.0690. The smallest absolute Gasteiger partial charge is 0.149 e. The number of aromatic nitrogens is 3. The van der Waals surface area contributed by atoms with Crippen LogP contribution < -0.4 is 0 Å². The molecule has 8 aromatic carbocycles. The second-order valence-electron chi connectivity index (χ2n) is 16.3. The molecule has 0 saturated carbocycles. The molecule has 62 heavy (non-hydrogen) atoms. The van der Waals surface area contributed by atoms with E-state index in [0.717, 1.165) is 94.7 Å². The van der Waals surface area contributed by atoms with E-state index in [-0.39, 0.29) is 5.75 Å². The summed E-state index contributed by atoms with van der Waals surface area (Å²) in [4.78, 5) is 10.5. The topological polar surface area (TPSA) is 50.9 Å². The van der Waals surface area contributed by atoms with E-state index in [1.165, 1.54) is 11.1 Å². The van der Waals surface area contributed by atoms with E-state index in [9.17, 15) is 5.11 Å². The second-order valence-corrected chi connectivity index (χ2v) is 16.3. The van der Waals surface area contributed by atoms with Crippen LogP contribution in [0.25, 0.3) is 95.0 Å². The standard InChI is InChI=1S/C58H45N3O/c1-37-23-25-42(26-24-37)45-27-28-59-53(35-45)48-33-46(41-15-8-5-9-16-41)32-47(34-48)49-21-14-22-54-56(49)60-58(52-30-38(2)29-40(4)57(52)62)61(54)55-36-50(43-17-10-6-11-18-43)39(3)31-51(55)44-19-12-7-13-20-44/h5-36,62H,1-4H3. The molecule has 0 radical (unpaired) electrons. The third-order valence-corrected chi connectivity index (χ3v) is 11.9. The molecule has 298 valence electrons. The number of benzene rings is 8. The number of aryl methyl sites for hydroxylation is 4. The van der Waals surface area contributed by atoms with Gasteiger partial charge in [0.1, 0.15) is 11.6 Å². The Morgan fingerprint density at radius 3 is 1.74 bits per heavy atom. The molecule has 0 aliphatic rings. The number of hydrogen-bond donors (Lipinski definition) is 1. The summed E-state index contributed by atoms with van der Waals surface area (Å²) in [7, 11) is 0. The van der Waals surface area contributed by atoms with Crippen LogP contribution in [-0.4, -0.2) is 19.6 Å². The molecule has 0 saturated heterocycles. The van der Waals surface area contributed by atoms with Gasteiger partial charge in [-0.25, -0.2) is 4.98 Å². The first-order valence-corrected chi connectivity index (χ1v) is 21.1. The quantitative estimate of drug-likeness (QED) is 0.167. The molecule has 0 aliphatic heterocycles. The zero-order chi connectivity index (χ0) is 42.3. The molecular formula is C58H45N3O. The minimum absolute atomic E-state index is 0.221. The number of phenolic OH excluding ortho intramolecular Hbond substituents is 1. The SMILES string of the molecule is Cc1ccc(-c2ccnc(-c3cc(-c4ccccc4)cc(-c4cccc5c4nc(-c4cc(C)cc(C)c4O)n5-c4cc(-c5ccccc5)c(C)cc4-c4ccccc4)c3)c2)cc1. The fourth-order valence-corrected chi connectivity index (χ4v) is 8.79. The average Bonchev–Trinajstić information content (AvgIpc) is 3.70. The molecule has 0 fully saturated rings. The Hall–Kier alpha value is -7.82. The molecule has 2 aromatic heterocycles. The normalized spacial score (nSPS) is 11.3. The number of nitrogens with zero attached hydrogens (tertiary/aromatic N) is 3. The molecule has 0 spiro atoms. The van der Waals surface area contributed by atoms with Gasteiger partial charge in [-0.15, -0.1) is 0 Å². The highest BCUT2D eigenvalue weighted by Gasteiger charge is 2.24. The summed E-state index contributed by atoms with van der Waals surface area (Å²) in [6, 6.07) is 66.4. The third kappa shape index (κ3) is 7.16. The van der Waals surface area contributed by atoms with Gasteiger partial charge in [0.25, 0.3) is 0 Å². The maximum absolute atomic E-state index is 11.9. The van der Waals surface area contributed by atoms with Gasteiger partial charge in [-0.3, -0.25) is 9.55 Å². The van der Waals surface area contributed by atoms with E-state index in [4.69, 9.17) is 9.97 Å². The lowest BCUT2D eigenvalue weighted by Crippen LogP contribution is -2.03. The van der Waals surface area contributed by atoms with Gasteiger partial charge in [-0.05, 0) is 143 Å². The number of pyridine rings is 1. The molecule has 0 unspecified atom stereocenters. The van der Waals surface area contributed by atoms with Crippen LogP contribution in [0.4, 0.5) is 0 Å². The summed E-state index contributed by atoms with van der Waals surface area (Å²) < 4.78 is 2.26. The van der Waals surface area contributed by atoms with Crippen molar-refractivity contribution in [2.45, 2.75) is 27.7 Å². The first kappa shape index (κ1) is 38.4. The lowest BCUT2D eigenvalue weighted by Gasteiger charge is -2.19. The molecule has 1 N–H and O–H groups in total. The summed E-state index contributed by atoms with van der Waals surface area (Å²) in [5.41, 5.74) is 20.5. The summed E-state index contributed by atoms with van der Waals surface area (Å²) >= 11 is 0. The Morgan fingerprint density at radius 2 is 1.03 bits per heavy atom. The zero-order valence-electron chi connectivity index (χ0n) is 35.3. The van der Waals surface area contributed by atoms with E-state index in [0.29, 0.717) is 11.4 Å². The molecule has 10 aromatic rings. The average molecular weight is 800 g/mol. The second kappa shape index (κ2) is 16.0. The molecule has 10 rings (SSSR count). The lowest BCUT2D eigenvalue weighted by molar-refractivity contribution is 0.472. The monoisotopic (exact) mass is 799 g/mol. The molecule has 4 heteroatoms. The van der Waals surface area contributed by atoms with Crippen molar-refractivity contribution < 1.29 is 5.11 Å². The van der Waals surface area contributed by atoms with Gasteiger partial charge < -0.3 is 5.11 Å². The number of fused-ring (bicyclic) bond motifs is 1. The first-order valence-electron chi connectivity index (χ1n) is 21.1. The van der Waals surface area contributed by atoms with Crippen molar-refractivity contribution in [3.05, 3.63) is 217 Å². The van der Waals surface area contributed by atoms with Crippen molar-refractivity contribution in [3.8, 4) is 89.7 Å². The molecular weight excluding hydrogens is 755 g/mol. The van der Waals surface area contributed by atoms with Crippen molar-refractivity contribution in [1.29, 1.82) is 0 Å². The molecule has 0 bridgehead atoms. The molecule has 0 aliphatic carbocycles. The predicted octanol–water partition coefficient (Wildman–Crippen LogP) is 15.0. The Kier molecular flexibility index (Phi) is 9.90. The van der Waals surface area contributed by atoms with Crippen molar-refractivity contribution in [2.24, 2.45) is 0 Å². The highest BCUT2D eigenvalue weighted by molar-refractivity contribution is 5.99. The maximum Gasteiger partial charge on any atom is 0.149 e. The van der Waals surface area contributed by atoms with Crippen LogP contribution in [0.2, 0.25) is 0 Å². The highest BCUT2D eigenvalue weighted by atomic mass is 16.3. The van der Waals surface area contributed by atoms with Crippen LogP contribution in [-0.2, 0) is 0 Å². The van der Waals surface area contributed by atoms with Crippen LogP contribution in [0.3, 0.4) is 0 Å². The molecule has 0 amide bonds. The van der Waals surface area contributed by atoms with E-state index < -0.39 is 0 Å². The van der Waals surface area contributed by atoms with Crippen molar-refractivity contribution >= 4 is 11.0 Å². The van der Waals surface area contributed by atoms with Gasteiger partial charge in [0.15, 0.2) is 0 Å². The first-order chi connectivity index (χ1) is 30.3. The number of phenols is 1. The lowest BCUT2D eigenvalue weighted by atomic mass is 9.93. The number of para-hydroxylation sites is 1. The Labute approximate surface area is 363 Å². The largest absolute Gasteiger partial charge is 0.507 e. The van der Waals surface area contributed by atoms with Gasteiger partial charge in [0.2, 0.25) is 0 Å². The Bertz CT molecular complexity index is 3260. The summed E-state index contributed by atoms with van der Waals surface area (Å²) in [6.45, 7) is 8.32. The number of hydrogen-bond acceptors (Lipinski definition) is 3. The number of aromatic hydroxyl groups is 1. The van der Waals surface area contributed by atoms with E-state index in [1.54, 1.807) is 0 Å². The zero-order valence-corrected chi connectivity index (χ0v) is 35.3. The van der Waals surface area contributed by atoms with Crippen LogP contribution in [0.1, 0.15) is 22.3 Å². The van der Waals surface area contributed by atoms with E-state index >= 15 is 0 Å². The molecule has 2 heterocycles. The van der Waals surface area contributed by atoms with Crippen LogP contribution in [0.5, 0.6) is 5.75 Å². The predicted molar refractivity (Wildman–Crippen MR) is 258 cm³/mol. The molecule has 0 atom stereocenters. The fourth-order valence-electron chi connectivity index (χ4n) is 8.79. The molecule has 4 nitrogen and oxygen atoms in total. The van der Waals surface area contributed by atoms with Gasteiger partial charge >= 0.3 is 0 Å². The summed E-state index contributed by atoms with van der Waals surface area (Å²) in [6.07, 6.45) is 1.90. The Morgan fingerprint density at radius 1 is 0.403 bits per heavy atom. The van der Waals surface area contributed by atoms with Crippen molar-refractivity contribution in [3.63, 3.8) is 0 Å². The van der Waals surface area contributed by atoms with Gasteiger partial charge in [-0.1, -0.05) is 139 Å². The third-order valence-electron chi connectivity index (χ3n) is 11.9. The van der Waals surface area contributed by atoms with Crippen molar-refractivity contribution in [2.75, 3.05) is 0 Å². The Balaban J connectivity index is 1.26. The van der Waals surface area contributed by atoms with E-state index in [2.05, 4.69) is 207 Å². The van der Waals surface area contributed by atoms with Crippen LogP contribution >= 0.6 is 0 Å². The number of imidazole rings is 1. The van der Waals surface area contributed by atoms with Crippen molar-refractivity contribution in [1.82, 2.24) is 14.5 Å². The van der Waals surface area contributed by atoms with Crippen LogP contribution in [0, 0.1) is 27.7 Å². The minimum atomic E-state index is 0.221. The summed E-state index contributed by atoms with van der Waals surface area (Å²) in [5, 5.41) is 11.9. The maximum atomic E-state index is 11.9. The highest BCUT2D eigenvalue weighted by Crippen LogP contribution is 2.44. The number of rotatable bonds is 8. The summed E-state index contributed by atoms with van der Waals surface area (Å²) in [5.74, 6) is 0.891. The minimum Gasteiger partial charge on any atom is -0.507 e.